The molecule has 2 aromatic rings. The maximum absolute atomic E-state index is 13.9. The summed E-state index contributed by atoms with van der Waals surface area (Å²) in [4.78, 5) is 17.0. The van der Waals surface area contributed by atoms with E-state index in [0.29, 0.717) is 11.8 Å². The minimum absolute atomic E-state index is 0.0133. The summed E-state index contributed by atoms with van der Waals surface area (Å²) >= 11 is 5.36. The van der Waals surface area contributed by atoms with E-state index in [1.54, 1.807) is 12.1 Å². The third kappa shape index (κ3) is 9.17. The second-order valence-electron chi connectivity index (χ2n) is 9.43. The lowest BCUT2D eigenvalue weighted by Crippen LogP contribution is -2.51. The Hall–Kier alpha value is -4.18. The molecule has 13 heteroatoms. The van der Waals surface area contributed by atoms with Gasteiger partial charge in [-0.3, -0.25) is 4.98 Å². The zero-order chi connectivity index (χ0) is 31.7. The van der Waals surface area contributed by atoms with Gasteiger partial charge < -0.3 is 19.7 Å². The van der Waals surface area contributed by atoms with Crippen LogP contribution in [0.15, 0.2) is 72.8 Å². The molecule has 0 fully saturated rings. The van der Waals surface area contributed by atoms with E-state index in [9.17, 15) is 31.1 Å². The normalized spacial score (nSPS) is 13.0. The summed E-state index contributed by atoms with van der Waals surface area (Å²) in [7, 11) is 0. The Morgan fingerprint density at radius 1 is 1.17 bits per heavy atom. The van der Waals surface area contributed by atoms with Crippen LogP contribution in [0.2, 0.25) is 0 Å². The number of carbonyl (C=O) groups is 1. The average Bonchev–Trinajstić information content (AvgIpc) is 2.92. The van der Waals surface area contributed by atoms with Crippen molar-refractivity contribution in [2.75, 3.05) is 18.5 Å². The van der Waals surface area contributed by atoms with Gasteiger partial charge in [0.1, 0.15) is 12.0 Å². The van der Waals surface area contributed by atoms with E-state index >= 15 is 0 Å². The van der Waals surface area contributed by atoms with Crippen LogP contribution in [0.4, 0.5) is 32.0 Å². The third-order valence-corrected chi connectivity index (χ3v) is 6.31. The van der Waals surface area contributed by atoms with E-state index in [1.165, 1.54) is 56.3 Å². The highest BCUT2D eigenvalue weighted by atomic mass is 32.1. The number of aromatic nitrogens is 1. The van der Waals surface area contributed by atoms with Crippen LogP contribution in [0.5, 0.6) is 0 Å². The van der Waals surface area contributed by atoms with Gasteiger partial charge in [0.25, 0.3) is 0 Å². The molecule has 1 aromatic carbocycles. The summed E-state index contributed by atoms with van der Waals surface area (Å²) in [6.07, 6.45) is -3.76. The summed E-state index contributed by atoms with van der Waals surface area (Å²) < 4.78 is 87.2. The van der Waals surface area contributed by atoms with Crippen LogP contribution in [0, 0.1) is 11.3 Å². The molecule has 0 aliphatic heterocycles. The molecule has 0 unspecified atom stereocenters. The molecule has 0 bridgehead atoms. The summed E-state index contributed by atoms with van der Waals surface area (Å²) in [6, 6.07) is 7.52. The molecule has 0 atom stereocenters. The van der Waals surface area contributed by atoms with Gasteiger partial charge >= 0.3 is 12.4 Å². The Morgan fingerprint density at radius 2 is 1.81 bits per heavy atom. The van der Waals surface area contributed by atoms with Crippen LogP contribution in [-0.4, -0.2) is 46.1 Å². The number of alkyl halides is 6. The van der Waals surface area contributed by atoms with E-state index in [0.717, 1.165) is 18.2 Å². The summed E-state index contributed by atoms with van der Waals surface area (Å²) in [5.41, 5.74) is -3.35. The predicted molar refractivity (Wildman–Crippen MR) is 151 cm³/mol. The second kappa shape index (κ2) is 14.1. The number of hydrogen-bond donors (Lipinski definition) is 1. The molecular weight excluding hydrogens is 582 g/mol. The van der Waals surface area contributed by atoms with Crippen molar-refractivity contribution in [1.82, 2.24) is 9.88 Å². The Kier molecular flexibility index (Phi) is 11.4. The fourth-order valence-corrected chi connectivity index (χ4v) is 4.17. The highest BCUT2D eigenvalue weighted by Crippen LogP contribution is 2.34. The molecule has 0 saturated carbocycles. The lowest BCUT2D eigenvalue weighted by Gasteiger charge is -2.36. The molecule has 1 heterocycles. The van der Waals surface area contributed by atoms with Crippen molar-refractivity contribution in [3.8, 4) is 6.07 Å². The van der Waals surface area contributed by atoms with E-state index in [-0.39, 0.29) is 35.9 Å². The van der Waals surface area contributed by atoms with Gasteiger partial charge in [-0.25, -0.2) is 0 Å². The minimum atomic E-state index is -4.79. The molecule has 0 spiro atoms. The zero-order valence-electron chi connectivity index (χ0n) is 22.9. The zero-order valence-corrected chi connectivity index (χ0v) is 23.8. The van der Waals surface area contributed by atoms with Crippen LogP contribution < -0.4 is 5.32 Å². The number of nitrogens with zero attached hydrogens (tertiary/aromatic N) is 3. The van der Waals surface area contributed by atoms with Gasteiger partial charge in [0.2, 0.25) is 0 Å². The van der Waals surface area contributed by atoms with Gasteiger partial charge in [-0.05, 0) is 87.0 Å². The maximum Gasteiger partial charge on any atom is 0.419 e. The average molecular weight is 611 g/mol. The first-order chi connectivity index (χ1) is 19.5. The van der Waals surface area contributed by atoms with Gasteiger partial charge in [0.15, 0.2) is 5.11 Å². The first-order valence-electron chi connectivity index (χ1n) is 12.4. The number of benzene rings is 1. The number of hydrogen-bond acceptors (Lipinski definition) is 5. The predicted octanol–water partition coefficient (Wildman–Crippen LogP) is 7.46. The molecule has 6 nitrogen and oxygen atoms in total. The number of rotatable bonds is 11. The summed E-state index contributed by atoms with van der Waals surface area (Å²) in [5.74, 6) is -0.393. The Bertz CT molecular complexity index is 1390. The number of pyridine rings is 1. The number of nitrogens with one attached hydrogen (secondary N) is 1. The number of ether oxygens (including phenoxy) is 1. The van der Waals surface area contributed by atoms with Gasteiger partial charge in [-0.1, -0.05) is 12.7 Å². The smallest absolute Gasteiger partial charge is 0.419 e. The largest absolute Gasteiger partial charge is 0.498 e. The van der Waals surface area contributed by atoms with Crippen molar-refractivity contribution < 1.29 is 35.9 Å². The number of thiocarbonyl (C=S) groups is 1. The number of carbonyl (C=O) groups excluding carboxylic acids is 1. The fourth-order valence-electron chi connectivity index (χ4n) is 3.73. The van der Waals surface area contributed by atoms with Crippen molar-refractivity contribution in [3.63, 3.8) is 0 Å². The Balaban J connectivity index is 2.23. The van der Waals surface area contributed by atoms with Crippen LogP contribution in [-0.2, 0) is 15.7 Å². The van der Waals surface area contributed by atoms with E-state index in [2.05, 4.69) is 16.9 Å². The standard InChI is InChI=1S/C29H28F6N4O2S/c1-5-20(21-9-11-37-12-10-21)15-24(28(30,31)32)19(2)41-14-6-13-39(27(3,4)18-40)26(42)38-23-8-7-22(17-36)25(16-23)29(33,34)35/h5,7-12,15-16,18H,1,6,13-14H2,2-4H3,(H,38,42)/b20-15+,24-19-. The number of allylic oxidation sites excluding steroid dienone is 5. The van der Waals surface area contributed by atoms with Crippen molar-refractivity contribution in [2.24, 2.45) is 0 Å². The topological polar surface area (TPSA) is 78.2 Å². The van der Waals surface area contributed by atoms with Gasteiger partial charge in [0.05, 0.1) is 34.9 Å². The molecule has 0 aliphatic rings. The molecule has 0 aliphatic carbocycles. The molecule has 1 N–H and O–H groups in total. The van der Waals surface area contributed by atoms with Crippen molar-refractivity contribution >= 4 is 34.9 Å². The Labute approximate surface area is 245 Å². The van der Waals surface area contributed by atoms with Crippen molar-refractivity contribution in [2.45, 2.75) is 45.1 Å². The lowest BCUT2D eigenvalue weighted by atomic mass is 10.0. The SMILES string of the molecule is C=C/C(=C\C(=C(/C)OCCCN(C(=S)Nc1ccc(C#N)c(C(F)(F)F)c1)C(C)(C)C=O)C(F)(F)F)c1ccncc1. The van der Waals surface area contributed by atoms with Crippen LogP contribution in [0.3, 0.4) is 0 Å². The van der Waals surface area contributed by atoms with Gasteiger partial charge in [-0.15, -0.1) is 0 Å². The maximum atomic E-state index is 13.9. The van der Waals surface area contributed by atoms with Crippen LogP contribution >= 0.6 is 12.2 Å². The first kappa shape index (κ1) is 34.0. The molecule has 224 valence electrons. The van der Waals surface area contributed by atoms with Gasteiger partial charge in [-0.2, -0.15) is 31.6 Å². The third-order valence-electron chi connectivity index (χ3n) is 5.99. The highest BCUT2D eigenvalue weighted by molar-refractivity contribution is 7.80. The number of aldehydes is 1. The van der Waals surface area contributed by atoms with Crippen molar-refractivity contribution in [3.05, 3.63) is 89.5 Å². The summed E-state index contributed by atoms with van der Waals surface area (Å²) in [5, 5.41) is 11.5. The summed E-state index contributed by atoms with van der Waals surface area (Å²) in [6.45, 7) is 7.62. The fraction of sp³-hybridized carbons (Fsp3) is 0.310. The monoisotopic (exact) mass is 610 g/mol. The van der Waals surface area contributed by atoms with Crippen LogP contribution in [0.1, 0.15) is 43.9 Å². The molecule has 42 heavy (non-hydrogen) atoms. The molecule has 0 saturated heterocycles. The molecule has 1 aromatic heterocycles. The van der Waals surface area contributed by atoms with Crippen LogP contribution in [0.25, 0.3) is 5.57 Å². The van der Waals surface area contributed by atoms with Crippen molar-refractivity contribution in [1.29, 1.82) is 5.26 Å². The first-order valence-corrected chi connectivity index (χ1v) is 12.8. The molecular formula is C29H28F6N4O2S. The lowest BCUT2D eigenvalue weighted by molar-refractivity contribution is -0.137. The molecule has 0 radical (unpaired) electrons. The number of halogens is 6. The van der Waals surface area contributed by atoms with E-state index in [1.807, 2.05) is 0 Å². The van der Waals surface area contributed by atoms with Gasteiger partial charge in [0, 0.05) is 24.6 Å². The Morgan fingerprint density at radius 3 is 2.33 bits per heavy atom. The quantitative estimate of drug-likeness (QED) is 0.0707. The number of nitriles is 1. The molecule has 0 amide bonds. The highest BCUT2D eigenvalue weighted by Gasteiger charge is 2.36. The minimum Gasteiger partial charge on any atom is -0.498 e. The number of anilines is 1. The van der Waals surface area contributed by atoms with E-state index < -0.39 is 40.4 Å². The van der Waals surface area contributed by atoms with E-state index in [4.69, 9.17) is 22.2 Å². The second-order valence-corrected chi connectivity index (χ2v) is 9.82. The molecule has 2 rings (SSSR count).